The Morgan fingerprint density at radius 1 is 1.18 bits per heavy atom. The number of benzene rings is 2. The highest BCUT2D eigenvalue weighted by Gasteiger charge is 2.35. The van der Waals surface area contributed by atoms with Crippen molar-refractivity contribution in [2.45, 2.75) is 13.0 Å². The van der Waals surface area contributed by atoms with Crippen LogP contribution in [0.1, 0.15) is 29.9 Å². The Hall–Kier alpha value is -4.77. The van der Waals surface area contributed by atoms with E-state index in [2.05, 4.69) is 0 Å². The van der Waals surface area contributed by atoms with E-state index >= 15 is 0 Å². The lowest BCUT2D eigenvalue weighted by molar-refractivity contribution is -0.402. The van der Waals surface area contributed by atoms with E-state index in [1.54, 1.807) is 31.2 Å². The van der Waals surface area contributed by atoms with Crippen molar-refractivity contribution in [1.82, 2.24) is 4.57 Å². The largest absolute Gasteiger partial charge is 0.497 e. The van der Waals surface area contributed by atoms with Gasteiger partial charge in [-0.25, -0.2) is 9.79 Å². The number of hydrogen-bond acceptors (Lipinski definition) is 9. The van der Waals surface area contributed by atoms with Crippen molar-refractivity contribution in [1.29, 1.82) is 0 Å². The standard InChI is InChI=1S/C27H21N3O7S/c1-3-36-26(32)22-23(16-8-5-4-6-9-16)28-27-29(24(22)17-10-7-11-18(14-17)35-2)25(31)20(38-27)15-19-12-13-21(37-19)30(33)34/h4-15,24H,3H2,1-2H3/t24-/m1/s1. The van der Waals surface area contributed by atoms with Gasteiger partial charge in [-0.3, -0.25) is 19.5 Å². The summed E-state index contributed by atoms with van der Waals surface area (Å²) in [5.41, 5.74) is 1.46. The van der Waals surface area contributed by atoms with Gasteiger partial charge in [0.25, 0.3) is 5.56 Å². The fraction of sp³-hybridized carbons (Fsp3) is 0.148. The van der Waals surface area contributed by atoms with Gasteiger partial charge in [0.05, 0.1) is 41.6 Å². The van der Waals surface area contributed by atoms with E-state index in [-0.39, 0.29) is 22.5 Å². The summed E-state index contributed by atoms with van der Waals surface area (Å²) >= 11 is 1.09. The Morgan fingerprint density at radius 3 is 2.66 bits per heavy atom. The first kappa shape index (κ1) is 24.9. The smallest absolute Gasteiger partial charge is 0.433 e. The molecule has 10 nitrogen and oxygen atoms in total. The number of fused-ring (bicyclic) bond motifs is 1. The predicted molar refractivity (Wildman–Crippen MR) is 139 cm³/mol. The van der Waals surface area contributed by atoms with Gasteiger partial charge in [0.1, 0.15) is 16.4 Å². The van der Waals surface area contributed by atoms with E-state index in [4.69, 9.17) is 18.9 Å². The summed E-state index contributed by atoms with van der Waals surface area (Å²) in [4.78, 5) is 42.7. The predicted octanol–water partition coefficient (Wildman–Crippen LogP) is 3.45. The van der Waals surface area contributed by atoms with E-state index in [9.17, 15) is 19.7 Å². The number of ether oxygens (including phenoxy) is 2. The second kappa shape index (κ2) is 10.3. The second-order valence-corrected chi connectivity index (χ2v) is 9.15. The van der Waals surface area contributed by atoms with Crippen molar-refractivity contribution in [3.8, 4) is 5.75 Å². The summed E-state index contributed by atoms with van der Waals surface area (Å²) in [5, 5.41) is 11.0. The molecule has 38 heavy (non-hydrogen) atoms. The van der Waals surface area contributed by atoms with E-state index in [1.807, 2.05) is 30.3 Å². The first-order chi connectivity index (χ1) is 18.4. The molecule has 2 aromatic carbocycles. The van der Waals surface area contributed by atoms with Crippen LogP contribution in [0.25, 0.3) is 11.8 Å². The SMILES string of the molecule is CCOC(=O)C1=C(c2ccccc2)N=c2sc(=Cc3ccc([N+](=O)[O-])o3)c(=O)n2[C@@H]1c1cccc(OC)c1. The molecule has 0 aliphatic carbocycles. The normalized spacial score (nSPS) is 15.1. The highest BCUT2D eigenvalue weighted by Crippen LogP contribution is 2.36. The zero-order chi connectivity index (χ0) is 26.8. The molecule has 0 saturated carbocycles. The molecule has 1 atom stereocenters. The zero-order valence-electron chi connectivity index (χ0n) is 20.3. The molecule has 3 heterocycles. The number of thiazole rings is 1. The van der Waals surface area contributed by atoms with Crippen molar-refractivity contribution >= 4 is 35.0 Å². The van der Waals surface area contributed by atoms with Gasteiger partial charge in [-0.2, -0.15) is 0 Å². The third-order valence-electron chi connectivity index (χ3n) is 5.85. The van der Waals surface area contributed by atoms with Gasteiger partial charge in [-0.15, -0.1) is 0 Å². The summed E-state index contributed by atoms with van der Waals surface area (Å²) in [5.74, 6) is -0.338. The van der Waals surface area contributed by atoms with Gasteiger partial charge in [0, 0.05) is 11.6 Å². The number of carbonyl (C=O) groups excluding carboxylic acids is 1. The summed E-state index contributed by atoms with van der Waals surface area (Å²) in [6.07, 6.45) is 1.43. The van der Waals surface area contributed by atoms with Gasteiger partial charge in [-0.1, -0.05) is 53.8 Å². The van der Waals surface area contributed by atoms with Crippen molar-refractivity contribution in [3.63, 3.8) is 0 Å². The van der Waals surface area contributed by atoms with E-state index in [0.29, 0.717) is 27.4 Å². The fourth-order valence-corrected chi connectivity index (χ4v) is 5.20. The van der Waals surface area contributed by atoms with Gasteiger partial charge in [0.2, 0.25) is 0 Å². The number of aromatic nitrogens is 1. The average molecular weight is 532 g/mol. The van der Waals surface area contributed by atoms with Crippen LogP contribution in [0.2, 0.25) is 0 Å². The molecule has 0 saturated heterocycles. The minimum Gasteiger partial charge on any atom is -0.497 e. The maximum atomic E-state index is 13.8. The summed E-state index contributed by atoms with van der Waals surface area (Å²) in [6.45, 7) is 1.84. The molecule has 0 spiro atoms. The molecule has 0 fully saturated rings. The Kier molecular flexibility index (Phi) is 6.75. The summed E-state index contributed by atoms with van der Waals surface area (Å²) < 4.78 is 17.7. The number of nitrogens with zero attached hydrogens (tertiary/aromatic N) is 3. The van der Waals surface area contributed by atoms with Crippen LogP contribution in [0.3, 0.4) is 0 Å². The quantitative estimate of drug-likeness (QED) is 0.203. The number of hydrogen-bond donors (Lipinski definition) is 0. The van der Waals surface area contributed by atoms with Gasteiger partial charge in [0.15, 0.2) is 4.80 Å². The monoisotopic (exact) mass is 531 g/mol. The number of methoxy groups -OCH3 is 1. The van der Waals surface area contributed by atoms with Crippen molar-refractivity contribution in [2.24, 2.45) is 4.99 Å². The highest BCUT2D eigenvalue weighted by atomic mass is 32.1. The van der Waals surface area contributed by atoms with Crippen LogP contribution in [0, 0.1) is 10.1 Å². The number of carbonyl (C=O) groups is 1. The molecule has 0 N–H and O–H groups in total. The third kappa shape index (κ3) is 4.55. The Balaban J connectivity index is 1.82. The molecule has 5 rings (SSSR count). The van der Waals surface area contributed by atoms with Crippen LogP contribution >= 0.6 is 11.3 Å². The molecule has 0 bridgehead atoms. The van der Waals surface area contributed by atoms with Crippen LogP contribution in [0.15, 0.2) is 86.5 Å². The van der Waals surface area contributed by atoms with E-state index in [0.717, 1.165) is 11.3 Å². The Labute approximate surface area is 219 Å². The van der Waals surface area contributed by atoms with Crippen molar-refractivity contribution < 1.29 is 23.6 Å². The molecule has 1 aliphatic heterocycles. The van der Waals surface area contributed by atoms with Crippen LogP contribution < -0.4 is 19.6 Å². The number of rotatable bonds is 7. The maximum absolute atomic E-state index is 13.8. The average Bonchev–Trinajstić information content (AvgIpc) is 3.53. The first-order valence-corrected chi connectivity index (χ1v) is 12.4. The molecule has 4 aromatic rings. The lowest BCUT2D eigenvalue weighted by atomic mass is 9.93. The molecule has 0 unspecified atom stereocenters. The first-order valence-electron chi connectivity index (χ1n) is 11.6. The molecule has 11 heteroatoms. The zero-order valence-corrected chi connectivity index (χ0v) is 21.1. The third-order valence-corrected chi connectivity index (χ3v) is 6.83. The molecule has 192 valence electrons. The minimum atomic E-state index is -0.872. The molecular formula is C27H21N3O7S. The van der Waals surface area contributed by atoms with Gasteiger partial charge < -0.3 is 13.9 Å². The highest BCUT2D eigenvalue weighted by molar-refractivity contribution is 7.07. The molecular weight excluding hydrogens is 510 g/mol. The van der Waals surface area contributed by atoms with Crippen LogP contribution in [0.5, 0.6) is 5.75 Å². The fourth-order valence-electron chi connectivity index (χ4n) is 4.21. The van der Waals surface area contributed by atoms with Crippen molar-refractivity contribution in [3.05, 3.63) is 119 Å². The number of nitro groups is 1. The van der Waals surface area contributed by atoms with Crippen molar-refractivity contribution in [2.75, 3.05) is 13.7 Å². The molecule has 1 aliphatic rings. The number of esters is 1. The number of furan rings is 1. The van der Waals surface area contributed by atoms with E-state index < -0.39 is 28.4 Å². The molecule has 0 amide bonds. The Bertz CT molecular complexity index is 1750. The Morgan fingerprint density at radius 2 is 1.97 bits per heavy atom. The lowest BCUT2D eigenvalue weighted by Gasteiger charge is -2.26. The molecule has 0 radical (unpaired) electrons. The van der Waals surface area contributed by atoms with Gasteiger partial charge >= 0.3 is 11.9 Å². The van der Waals surface area contributed by atoms with Crippen LogP contribution in [-0.2, 0) is 9.53 Å². The lowest BCUT2D eigenvalue weighted by Crippen LogP contribution is -2.40. The van der Waals surface area contributed by atoms with Crippen LogP contribution in [-0.4, -0.2) is 29.2 Å². The minimum absolute atomic E-state index is 0.136. The van der Waals surface area contributed by atoms with Crippen LogP contribution in [0.4, 0.5) is 5.88 Å². The maximum Gasteiger partial charge on any atom is 0.433 e. The summed E-state index contributed by atoms with van der Waals surface area (Å²) in [7, 11) is 1.53. The topological polar surface area (TPSA) is 126 Å². The van der Waals surface area contributed by atoms with Gasteiger partial charge in [-0.05, 0) is 30.7 Å². The summed E-state index contributed by atoms with van der Waals surface area (Å²) in [6, 6.07) is 18.0. The molecule has 2 aromatic heterocycles. The van der Waals surface area contributed by atoms with E-state index in [1.165, 1.54) is 29.9 Å². The second-order valence-electron chi connectivity index (χ2n) is 8.14.